The third-order valence-electron chi connectivity index (χ3n) is 23.7. The van der Waals surface area contributed by atoms with Crippen molar-refractivity contribution >= 4 is 33.0 Å². The van der Waals surface area contributed by atoms with Crippen molar-refractivity contribution < 1.29 is 65.8 Å². The van der Waals surface area contributed by atoms with Crippen molar-refractivity contribution in [3.8, 4) is 0 Å². The van der Waals surface area contributed by atoms with Gasteiger partial charge in [-0.3, -0.25) is 0 Å². The summed E-state index contributed by atoms with van der Waals surface area (Å²) in [6.07, 6.45) is 10.8. The van der Waals surface area contributed by atoms with Crippen LogP contribution >= 0.6 is 0 Å². The van der Waals surface area contributed by atoms with Gasteiger partial charge in [0, 0.05) is 51.0 Å². The van der Waals surface area contributed by atoms with Gasteiger partial charge in [-0.25, -0.2) is 4.79 Å². The van der Waals surface area contributed by atoms with Gasteiger partial charge in [0.25, 0.3) is 8.32 Å². The van der Waals surface area contributed by atoms with Crippen LogP contribution in [-0.4, -0.2) is 161 Å². The van der Waals surface area contributed by atoms with Crippen LogP contribution in [0.25, 0.3) is 0 Å². The third-order valence-corrected chi connectivity index (χ3v) is 33.2. The Morgan fingerprint density at radius 2 is 1.31 bits per heavy atom. The number of esters is 1. The molecule has 88 heavy (non-hydrogen) atoms. The first-order valence-electron chi connectivity index (χ1n) is 33.7. The molecule has 0 spiro atoms. The van der Waals surface area contributed by atoms with Crippen molar-refractivity contribution in [3.05, 3.63) is 96.6 Å². The zero-order valence-corrected chi connectivity index (χ0v) is 57.5. The van der Waals surface area contributed by atoms with E-state index in [-0.39, 0.29) is 126 Å². The van der Waals surface area contributed by atoms with Crippen LogP contribution in [0.4, 0.5) is 0 Å². The molecule has 9 saturated heterocycles. The standard InChI is InChI=1S/C72H104O14Si2/c1-43(42-74-88(67(7,8)9,47-24-19-17-20-25-47)48-26-21-18-22-27-48)32-46-35-61(85-87(15,16)66(4,5)6)72(14)60(75-46)37-53-54(82-72)36-52-49(76-53)28-23-30-68(10)62(79-52)41-71(13)59(83-68)39-58-69(11,86-71)31-29-50-64(81-58)44(2)33-51-56(77-50)40-70(12)57(78-51)38-55-65(84-70)45(3)34-63(73)80-55/h17-28,34,44,46,49-62,64-65H,1,29-33,35-42H2,2-16H3/b28-23-/t44-,46-,49-,50+,51+,52+,53+,54-,55+,56-,57-,58+,59-,60-,61+,62-,64-,65-,68+,69-,70+,71+,72-/m1/s1. The largest absolute Gasteiger partial charge is 0.456 e. The smallest absolute Gasteiger partial charge is 0.331 e. The molecule has 11 aliphatic heterocycles. The minimum absolute atomic E-state index is 0.0151. The molecule has 0 N–H and O–H groups in total. The van der Waals surface area contributed by atoms with Crippen LogP contribution in [0.1, 0.15) is 167 Å². The number of fused-ring (bicyclic) bond motifs is 10. The quantitative estimate of drug-likeness (QED) is 0.134. The lowest BCUT2D eigenvalue weighted by Gasteiger charge is -2.61. The molecule has 14 nitrogen and oxygen atoms in total. The summed E-state index contributed by atoms with van der Waals surface area (Å²) >= 11 is 0. The molecule has 0 unspecified atom stereocenters. The average molecular weight is 1250 g/mol. The second-order valence-corrected chi connectivity index (χ2v) is 41.5. The van der Waals surface area contributed by atoms with Gasteiger partial charge in [0.2, 0.25) is 0 Å². The highest BCUT2D eigenvalue weighted by Gasteiger charge is 2.65. The summed E-state index contributed by atoms with van der Waals surface area (Å²) in [4.78, 5) is 12.4. The Balaban J connectivity index is 0.691. The van der Waals surface area contributed by atoms with E-state index in [1.54, 1.807) is 6.08 Å². The van der Waals surface area contributed by atoms with Crippen LogP contribution in [0.15, 0.2) is 96.6 Å². The van der Waals surface area contributed by atoms with Gasteiger partial charge in [-0.15, -0.1) is 0 Å². The molecule has 13 rings (SSSR count). The summed E-state index contributed by atoms with van der Waals surface area (Å²) in [6.45, 7) is 39.1. The maximum Gasteiger partial charge on any atom is 0.331 e. The summed E-state index contributed by atoms with van der Waals surface area (Å²) in [5.41, 5.74) is -1.23. The highest BCUT2D eigenvalue weighted by molar-refractivity contribution is 6.99. The maximum absolute atomic E-state index is 12.4. The van der Waals surface area contributed by atoms with E-state index < -0.39 is 44.6 Å². The molecule has 11 aliphatic rings. The zero-order valence-electron chi connectivity index (χ0n) is 55.5. The number of rotatable bonds is 9. The van der Waals surface area contributed by atoms with Crippen LogP contribution in [0.5, 0.6) is 0 Å². The zero-order chi connectivity index (χ0) is 62.4. The highest BCUT2D eigenvalue weighted by atomic mass is 28.4. The minimum Gasteiger partial charge on any atom is -0.456 e. The predicted octanol–water partition coefficient (Wildman–Crippen LogP) is 11.9. The summed E-state index contributed by atoms with van der Waals surface area (Å²) in [7, 11) is -5.11. The fourth-order valence-corrected chi connectivity index (χ4v) is 23.6. The lowest BCUT2D eigenvalue weighted by atomic mass is 9.72. The molecule has 0 aromatic heterocycles. The van der Waals surface area contributed by atoms with Crippen LogP contribution < -0.4 is 10.4 Å². The molecule has 0 aliphatic carbocycles. The third kappa shape index (κ3) is 11.4. The van der Waals surface area contributed by atoms with Crippen molar-refractivity contribution in [1.29, 1.82) is 0 Å². The van der Waals surface area contributed by atoms with E-state index >= 15 is 0 Å². The minimum atomic E-state index is -2.79. The van der Waals surface area contributed by atoms with E-state index in [0.29, 0.717) is 64.4 Å². The highest BCUT2D eigenvalue weighted by Crippen LogP contribution is 2.56. The number of hydrogen-bond donors (Lipinski definition) is 0. The number of benzene rings is 2. The number of hydrogen-bond acceptors (Lipinski definition) is 14. The molecule has 0 saturated carbocycles. The van der Waals surface area contributed by atoms with Gasteiger partial charge in [-0.05, 0) is 119 Å². The van der Waals surface area contributed by atoms with Crippen LogP contribution in [0.3, 0.4) is 0 Å². The van der Waals surface area contributed by atoms with Gasteiger partial charge in [0.1, 0.15) is 23.9 Å². The van der Waals surface area contributed by atoms with E-state index in [0.717, 1.165) is 30.4 Å². The van der Waals surface area contributed by atoms with Gasteiger partial charge in [0.05, 0.1) is 114 Å². The number of ether oxygens (including phenoxy) is 11. The van der Waals surface area contributed by atoms with Crippen molar-refractivity contribution in [3.63, 3.8) is 0 Å². The molecule has 11 heterocycles. The van der Waals surface area contributed by atoms with E-state index in [4.69, 9.17) is 67.5 Å². The summed E-state index contributed by atoms with van der Waals surface area (Å²) in [6, 6.07) is 21.7. The van der Waals surface area contributed by atoms with Gasteiger partial charge in [-0.2, -0.15) is 0 Å². The lowest BCUT2D eigenvalue weighted by Crippen LogP contribution is -2.70. The van der Waals surface area contributed by atoms with E-state index in [1.807, 2.05) is 6.92 Å². The fourth-order valence-electron chi connectivity index (χ4n) is 17.7. The first-order chi connectivity index (χ1) is 41.4. The summed E-state index contributed by atoms with van der Waals surface area (Å²) in [5, 5.41) is 2.34. The van der Waals surface area contributed by atoms with E-state index in [9.17, 15) is 4.79 Å². The van der Waals surface area contributed by atoms with Crippen molar-refractivity contribution in [1.82, 2.24) is 0 Å². The molecule has 16 heteroatoms. The van der Waals surface area contributed by atoms with Crippen LogP contribution in [0.2, 0.25) is 23.2 Å². The Bertz CT molecular complexity index is 2920. The second-order valence-electron chi connectivity index (χ2n) is 32.5. The molecular formula is C72H104O14Si2. The molecule has 2 aromatic rings. The van der Waals surface area contributed by atoms with E-state index in [2.05, 4.69) is 169 Å². The van der Waals surface area contributed by atoms with Gasteiger partial charge in [-0.1, -0.05) is 133 Å². The molecule has 2 aromatic carbocycles. The normalized spacial score (nSPS) is 45.4. The van der Waals surface area contributed by atoms with Gasteiger partial charge in [0.15, 0.2) is 8.32 Å². The molecule has 484 valence electrons. The monoisotopic (exact) mass is 1250 g/mol. The predicted molar refractivity (Wildman–Crippen MR) is 342 cm³/mol. The first kappa shape index (κ1) is 63.8. The second kappa shape index (κ2) is 22.9. The molecule has 9 fully saturated rings. The molecule has 0 bridgehead atoms. The Labute approximate surface area is 527 Å². The number of carbonyl (C=O) groups is 1. The van der Waals surface area contributed by atoms with Crippen molar-refractivity contribution in [2.75, 3.05) is 6.61 Å². The fraction of sp³-hybridized carbons (Fsp3) is 0.736. The van der Waals surface area contributed by atoms with Gasteiger partial charge < -0.3 is 61.0 Å². The van der Waals surface area contributed by atoms with Crippen molar-refractivity contribution in [2.24, 2.45) is 5.92 Å². The SMILES string of the molecule is C=C(CO[Si](c1ccccc1)(c1ccccc1)C(C)(C)C)C[C@@H]1C[C@H](O[Si](C)(C)C(C)(C)C)[C@]2(C)O[C@@H]3C[C@@H]4O[C@@H]5C[C@]6(C)O[C@]7(C)CC[C@@H]8O[C@@H]9C[C@]%10(C)O[C@@H]%11C(C)=CC(=O)O[C@H]%11C[C@H]%10O[C@H]9C[C@@H](C)[C@H]8O[C@H]7C[C@H]6O[C@@]5(C)C/C=C\[C@H]4O[C@H]3C[C@H]2O1. The molecule has 0 radical (unpaired) electrons. The maximum atomic E-state index is 12.4. The average Bonchev–Trinajstić information content (AvgIpc) is 1.02. The van der Waals surface area contributed by atoms with E-state index in [1.165, 1.54) is 10.4 Å². The van der Waals surface area contributed by atoms with Gasteiger partial charge >= 0.3 is 5.97 Å². The Kier molecular flexibility index (Phi) is 16.6. The topological polar surface area (TPSA) is 137 Å². The van der Waals surface area contributed by atoms with Crippen molar-refractivity contribution in [2.45, 2.75) is 322 Å². The molecule has 23 atom stereocenters. The Hall–Kier alpha value is -2.92. The first-order valence-corrected chi connectivity index (χ1v) is 38.5. The Morgan fingerprint density at radius 1 is 0.636 bits per heavy atom. The molecule has 0 amide bonds. The number of carbonyl (C=O) groups excluding carboxylic acids is 1. The van der Waals surface area contributed by atoms with Crippen LogP contribution in [-0.2, 0) is 65.8 Å². The Morgan fingerprint density at radius 3 is 2.00 bits per heavy atom. The molecular weight excluding hydrogens is 1140 g/mol. The summed E-state index contributed by atoms with van der Waals surface area (Å²) in [5.74, 6) is -0.142. The van der Waals surface area contributed by atoms with Crippen LogP contribution in [0, 0.1) is 5.92 Å². The summed E-state index contributed by atoms with van der Waals surface area (Å²) < 4.78 is 93.6. The lowest BCUT2D eigenvalue weighted by molar-refractivity contribution is -0.356.